The van der Waals surface area contributed by atoms with Crippen molar-refractivity contribution >= 4 is 17.8 Å². The van der Waals surface area contributed by atoms with Gasteiger partial charge in [-0.3, -0.25) is 9.69 Å². The topological polar surface area (TPSA) is 104 Å². The molecule has 0 bridgehead atoms. The van der Waals surface area contributed by atoms with Crippen LogP contribution in [0.1, 0.15) is 6.42 Å². The molecule has 2 rings (SSSR count). The molecular weight excluding hydrogens is 206 g/mol. The molecule has 1 amide bonds. The molecule has 0 spiro atoms. The van der Waals surface area contributed by atoms with Gasteiger partial charge in [0.2, 0.25) is 5.91 Å². The quantitative estimate of drug-likeness (QED) is 0.450. The first kappa shape index (κ1) is 9.50. The highest BCUT2D eigenvalue weighted by molar-refractivity contribution is 5.92. The largest absolute Gasteiger partial charge is 0.479 e. The molecule has 0 saturated carbocycles. The molecule has 2 fully saturated rings. The van der Waals surface area contributed by atoms with Gasteiger partial charge in [-0.25, -0.2) is 9.59 Å². The van der Waals surface area contributed by atoms with E-state index in [1.54, 1.807) is 0 Å². The van der Waals surface area contributed by atoms with Crippen molar-refractivity contribution in [2.75, 3.05) is 0 Å². The van der Waals surface area contributed by atoms with Crippen molar-refractivity contribution in [3.63, 3.8) is 0 Å². The molecule has 80 valence electrons. The summed E-state index contributed by atoms with van der Waals surface area (Å²) in [5.74, 6) is -3.14. The number of hydrogen-bond acceptors (Lipinski definition) is 4. The lowest BCUT2D eigenvalue weighted by Crippen LogP contribution is -2.54. The molecule has 7 nitrogen and oxygen atoms in total. The first-order valence-electron chi connectivity index (χ1n) is 4.16. The Kier molecular flexibility index (Phi) is 1.88. The number of fused-ring (bicyclic) bond motifs is 1. The fourth-order valence-electron chi connectivity index (χ4n) is 1.64. The van der Waals surface area contributed by atoms with Crippen LogP contribution in [0.4, 0.5) is 0 Å². The second kappa shape index (κ2) is 2.97. The van der Waals surface area contributed by atoms with Gasteiger partial charge in [0.25, 0.3) is 0 Å². The van der Waals surface area contributed by atoms with Gasteiger partial charge in [0.1, 0.15) is 5.76 Å². The summed E-state index contributed by atoms with van der Waals surface area (Å²) < 4.78 is 5.02. The molecule has 0 radical (unpaired) electrons. The van der Waals surface area contributed by atoms with Crippen molar-refractivity contribution < 1.29 is 29.3 Å². The van der Waals surface area contributed by atoms with E-state index in [2.05, 4.69) is 0 Å². The van der Waals surface area contributed by atoms with Gasteiger partial charge in [0.15, 0.2) is 12.3 Å². The number of ether oxygens (including phenoxy) is 1. The Labute approximate surface area is 83.5 Å². The summed E-state index contributed by atoms with van der Waals surface area (Å²) in [5.41, 5.74) is 0. The Hall–Kier alpha value is -2.05. The number of carbonyl (C=O) groups excluding carboxylic acids is 1. The number of aliphatic carboxylic acids is 2. The standard InChI is InChI=1S/C8H7NO6/c10-4-2-5-9(4)7(8(13)14)3(15-5)1-6(11)12/h1,5,7H,2H2,(H,11,12)(H,13,14)/b3-1+. The summed E-state index contributed by atoms with van der Waals surface area (Å²) in [6.45, 7) is 0. The maximum Gasteiger partial charge on any atom is 0.334 e. The van der Waals surface area contributed by atoms with E-state index in [0.717, 1.165) is 4.90 Å². The lowest BCUT2D eigenvalue weighted by atomic mass is 10.1. The summed E-state index contributed by atoms with van der Waals surface area (Å²) in [6, 6.07) is -1.30. The van der Waals surface area contributed by atoms with Crippen LogP contribution in [0.15, 0.2) is 11.8 Å². The van der Waals surface area contributed by atoms with Crippen LogP contribution in [-0.2, 0) is 19.1 Å². The highest BCUT2D eigenvalue weighted by atomic mass is 16.5. The van der Waals surface area contributed by atoms with Crippen LogP contribution >= 0.6 is 0 Å². The Balaban J connectivity index is 2.31. The van der Waals surface area contributed by atoms with E-state index in [1.165, 1.54) is 0 Å². The average molecular weight is 213 g/mol. The van der Waals surface area contributed by atoms with E-state index < -0.39 is 24.2 Å². The van der Waals surface area contributed by atoms with Crippen molar-refractivity contribution in [3.05, 3.63) is 11.8 Å². The van der Waals surface area contributed by atoms with E-state index >= 15 is 0 Å². The van der Waals surface area contributed by atoms with Crippen LogP contribution in [0.3, 0.4) is 0 Å². The first-order chi connectivity index (χ1) is 7.00. The molecule has 2 atom stereocenters. The lowest BCUT2D eigenvalue weighted by molar-refractivity contribution is -0.163. The monoisotopic (exact) mass is 213 g/mol. The zero-order valence-electron chi connectivity index (χ0n) is 7.41. The van der Waals surface area contributed by atoms with Gasteiger partial charge in [-0.2, -0.15) is 0 Å². The van der Waals surface area contributed by atoms with Crippen molar-refractivity contribution in [1.29, 1.82) is 0 Å². The minimum Gasteiger partial charge on any atom is -0.479 e. The van der Waals surface area contributed by atoms with Crippen molar-refractivity contribution in [3.8, 4) is 0 Å². The predicted octanol–water partition coefficient (Wildman–Crippen LogP) is -1.00. The number of rotatable bonds is 2. The number of carboxylic acid groups (broad SMARTS) is 2. The fourth-order valence-corrected chi connectivity index (χ4v) is 1.64. The Morgan fingerprint density at radius 2 is 2.13 bits per heavy atom. The molecule has 2 aliphatic rings. The molecule has 0 aliphatic carbocycles. The first-order valence-corrected chi connectivity index (χ1v) is 4.16. The summed E-state index contributed by atoms with van der Waals surface area (Å²) >= 11 is 0. The normalized spacial score (nSPS) is 30.8. The minimum absolute atomic E-state index is 0.0980. The summed E-state index contributed by atoms with van der Waals surface area (Å²) in [5, 5.41) is 17.3. The minimum atomic E-state index is -1.30. The maximum absolute atomic E-state index is 11.1. The average Bonchev–Trinajstić information content (AvgIpc) is 2.37. The summed E-state index contributed by atoms with van der Waals surface area (Å²) in [6.07, 6.45) is 0.148. The van der Waals surface area contributed by atoms with E-state index in [9.17, 15) is 14.4 Å². The molecule has 7 heteroatoms. The highest BCUT2D eigenvalue weighted by Gasteiger charge is 2.53. The van der Waals surface area contributed by atoms with Gasteiger partial charge in [-0.1, -0.05) is 0 Å². The zero-order chi connectivity index (χ0) is 11.2. The third kappa shape index (κ3) is 1.32. The smallest absolute Gasteiger partial charge is 0.334 e. The van der Waals surface area contributed by atoms with Crippen LogP contribution in [0.5, 0.6) is 0 Å². The molecule has 0 aromatic heterocycles. The third-order valence-corrected chi connectivity index (χ3v) is 2.27. The molecular formula is C8H7NO6. The van der Waals surface area contributed by atoms with Gasteiger partial charge in [-0.05, 0) is 0 Å². The number of hydrogen-bond donors (Lipinski definition) is 2. The molecule has 2 aliphatic heterocycles. The molecule has 2 heterocycles. The van der Waals surface area contributed by atoms with Crippen molar-refractivity contribution in [2.45, 2.75) is 18.7 Å². The molecule has 2 saturated heterocycles. The molecule has 15 heavy (non-hydrogen) atoms. The number of β-lactam (4-membered cyclic amide) rings is 1. The van der Waals surface area contributed by atoms with Crippen molar-refractivity contribution in [1.82, 2.24) is 4.90 Å². The van der Waals surface area contributed by atoms with Gasteiger partial charge in [0, 0.05) is 0 Å². The van der Waals surface area contributed by atoms with Gasteiger partial charge in [-0.15, -0.1) is 0 Å². The second-order valence-corrected chi connectivity index (χ2v) is 3.20. The van der Waals surface area contributed by atoms with Crippen LogP contribution in [0.2, 0.25) is 0 Å². The zero-order valence-corrected chi connectivity index (χ0v) is 7.41. The van der Waals surface area contributed by atoms with E-state index in [0.29, 0.717) is 6.08 Å². The number of carbonyl (C=O) groups is 3. The molecule has 2 unspecified atom stereocenters. The lowest BCUT2D eigenvalue weighted by Gasteiger charge is -2.33. The Bertz CT molecular complexity index is 387. The SMILES string of the molecule is O=C(O)/C=C1/OC2CC(=O)N2C1C(=O)O. The van der Waals surface area contributed by atoms with E-state index in [1.807, 2.05) is 0 Å². The number of nitrogens with zero attached hydrogens (tertiary/aromatic N) is 1. The summed E-state index contributed by atoms with van der Waals surface area (Å²) in [4.78, 5) is 33.3. The van der Waals surface area contributed by atoms with Crippen LogP contribution in [-0.4, -0.2) is 45.2 Å². The predicted molar refractivity (Wildman–Crippen MR) is 43.5 cm³/mol. The molecule has 0 aromatic carbocycles. The molecule has 2 N–H and O–H groups in total. The summed E-state index contributed by atoms with van der Waals surface area (Å²) in [7, 11) is 0. The number of amides is 1. The fraction of sp³-hybridized carbons (Fsp3) is 0.375. The van der Waals surface area contributed by atoms with Gasteiger partial charge >= 0.3 is 11.9 Å². The van der Waals surface area contributed by atoms with Crippen LogP contribution < -0.4 is 0 Å². The third-order valence-electron chi connectivity index (χ3n) is 2.27. The second-order valence-electron chi connectivity index (χ2n) is 3.20. The number of carboxylic acids is 2. The Morgan fingerprint density at radius 1 is 1.47 bits per heavy atom. The van der Waals surface area contributed by atoms with Crippen LogP contribution in [0.25, 0.3) is 0 Å². The maximum atomic E-state index is 11.1. The van der Waals surface area contributed by atoms with E-state index in [4.69, 9.17) is 14.9 Å². The Morgan fingerprint density at radius 3 is 2.60 bits per heavy atom. The molecule has 0 aromatic rings. The van der Waals surface area contributed by atoms with Gasteiger partial charge in [0.05, 0.1) is 12.5 Å². The van der Waals surface area contributed by atoms with E-state index in [-0.39, 0.29) is 18.1 Å². The van der Waals surface area contributed by atoms with Crippen LogP contribution in [0, 0.1) is 0 Å². The van der Waals surface area contributed by atoms with Crippen molar-refractivity contribution in [2.24, 2.45) is 0 Å². The van der Waals surface area contributed by atoms with Gasteiger partial charge < -0.3 is 14.9 Å². The highest BCUT2D eigenvalue weighted by Crippen LogP contribution is 2.36.